The number of hydrogen-bond acceptors (Lipinski definition) is 6. The maximum atomic E-state index is 14.0. The lowest BCUT2D eigenvalue weighted by Crippen LogP contribution is -2.55. The van der Waals surface area contributed by atoms with Crippen LogP contribution in [0.3, 0.4) is 0 Å². The molecule has 8 nitrogen and oxygen atoms in total. The standard InChI is InChI=1S/C39H44N2O6Si/c1-24-37(46-3)31-21-26(41-32-13-7-10-25-9-6-12-30(36(25)32)39(41)44)14-19-33(31)47-38(24)34(22-35(43)40-20-8-11-27(40)23-42)48(4,5)29-17-15-28(45-2)16-18-29/h6-7,9-10,12-19,21,24,27,34,37-38,42H,8,11,20,22-23H2,1-5H3/t24-,27-,34?,37-,38-/m0/s1. The van der Waals surface area contributed by atoms with Gasteiger partial charge in [-0.1, -0.05) is 61.6 Å². The van der Waals surface area contributed by atoms with Crippen molar-refractivity contribution in [3.05, 3.63) is 90.0 Å². The van der Waals surface area contributed by atoms with E-state index in [9.17, 15) is 14.7 Å². The first-order valence-electron chi connectivity index (χ1n) is 16.9. The molecular formula is C39H44N2O6Si. The lowest BCUT2D eigenvalue weighted by molar-refractivity contribution is -0.133. The molecule has 250 valence electrons. The van der Waals surface area contributed by atoms with Crippen molar-refractivity contribution in [2.75, 3.05) is 32.3 Å². The highest BCUT2D eigenvalue weighted by molar-refractivity contribution is 6.91. The Kier molecular flexibility index (Phi) is 8.56. The van der Waals surface area contributed by atoms with Crippen LogP contribution in [0.4, 0.5) is 11.4 Å². The van der Waals surface area contributed by atoms with Crippen LogP contribution in [0.1, 0.15) is 48.2 Å². The van der Waals surface area contributed by atoms with E-state index in [4.69, 9.17) is 14.2 Å². The van der Waals surface area contributed by atoms with Crippen molar-refractivity contribution in [1.29, 1.82) is 0 Å². The van der Waals surface area contributed by atoms with E-state index in [1.807, 2.05) is 71.6 Å². The third kappa shape index (κ3) is 5.28. The summed E-state index contributed by atoms with van der Waals surface area (Å²) in [6.07, 6.45) is 1.43. The van der Waals surface area contributed by atoms with Gasteiger partial charge in [0.05, 0.1) is 45.2 Å². The van der Waals surface area contributed by atoms with Crippen molar-refractivity contribution in [3.8, 4) is 11.5 Å². The molecule has 1 N–H and O–H groups in total. The fourth-order valence-electron chi connectivity index (χ4n) is 8.35. The molecule has 5 atom stereocenters. The average Bonchev–Trinajstić information content (AvgIpc) is 3.70. The zero-order valence-electron chi connectivity index (χ0n) is 28.3. The van der Waals surface area contributed by atoms with Crippen molar-refractivity contribution in [2.24, 2.45) is 5.92 Å². The molecule has 4 aromatic carbocycles. The van der Waals surface area contributed by atoms with Crippen molar-refractivity contribution in [1.82, 2.24) is 4.90 Å². The van der Waals surface area contributed by atoms with Crippen LogP contribution >= 0.6 is 0 Å². The quantitative estimate of drug-likeness (QED) is 0.203. The molecule has 4 aromatic rings. The van der Waals surface area contributed by atoms with Crippen molar-refractivity contribution in [3.63, 3.8) is 0 Å². The molecule has 0 aromatic heterocycles. The molecule has 3 aliphatic rings. The second-order valence-electron chi connectivity index (χ2n) is 14.0. The number of fused-ring (bicyclic) bond motifs is 1. The van der Waals surface area contributed by atoms with E-state index in [2.05, 4.69) is 32.2 Å². The second kappa shape index (κ2) is 12.7. The number of ether oxygens (including phenoxy) is 3. The molecule has 0 radical (unpaired) electrons. The van der Waals surface area contributed by atoms with Crippen LogP contribution in [0.25, 0.3) is 10.8 Å². The van der Waals surface area contributed by atoms with Gasteiger partial charge in [0.1, 0.15) is 17.6 Å². The Labute approximate surface area is 283 Å². The largest absolute Gasteiger partial charge is 0.497 e. The molecule has 0 saturated carbocycles. The molecule has 3 heterocycles. The number of methoxy groups -OCH3 is 2. The number of nitrogens with zero attached hydrogens (tertiary/aromatic N) is 2. The Morgan fingerprint density at radius 1 is 1.04 bits per heavy atom. The fraction of sp³-hybridized carbons (Fsp3) is 0.385. The monoisotopic (exact) mass is 664 g/mol. The van der Waals surface area contributed by atoms with E-state index >= 15 is 0 Å². The van der Waals surface area contributed by atoms with Crippen LogP contribution in [-0.2, 0) is 9.53 Å². The first-order chi connectivity index (χ1) is 23.2. The highest BCUT2D eigenvalue weighted by atomic mass is 28.3. The number of anilines is 2. The van der Waals surface area contributed by atoms with E-state index in [-0.39, 0.29) is 48.1 Å². The zero-order valence-corrected chi connectivity index (χ0v) is 29.3. The number of aliphatic hydroxyl groups is 1. The van der Waals surface area contributed by atoms with Gasteiger partial charge in [0.25, 0.3) is 5.91 Å². The minimum Gasteiger partial charge on any atom is -0.497 e. The smallest absolute Gasteiger partial charge is 0.263 e. The number of aliphatic hydroxyl groups excluding tert-OH is 1. The third-order valence-electron chi connectivity index (χ3n) is 11.1. The number of rotatable bonds is 9. The van der Waals surface area contributed by atoms with Gasteiger partial charge in [-0.15, -0.1) is 0 Å². The van der Waals surface area contributed by atoms with Crippen molar-refractivity contribution in [2.45, 2.75) is 63.1 Å². The molecule has 48 heavy (non-hydrogen) atoms. The number of benzene rings is 4. The predicted octanol–water partition coefficient (Wildman–Crippen LogP) is 6.58. The van der Waals surface area contributed by atoms with Crippen LogP contribution < -0.4 is 19.6 Å². The van der Waals surface area contributed by atoms with Crippen LogP contribution in [0.2, 0.25) is 18.6 Å². The second-order valence-corrected chi connectivity index (χ2v) is 18.7. The molecule has 1 fully saturated rings. The van der Waals surface area contributed by atoms with Gasteiger partial charge < -0.3 is 24.2 Å². The minimum absolute atomic E-state index is 0.0212. The molecule has 3 aliphatic heterocycles. The van der Waals surface area contributed by atoms with Crippen LogP contribution in [-0.4, -0.2) is 69.4 Å². The number of amides is 2. The predicted molar refractivity (Wildman–Crippen MR) is 190 cm³/mol. The number of likely N-dealkylation sites (tertiary alicyclic amines) is 1. The average molecular weight is 665 g/mol. The molecule has 7 rings (SSSR count). The SMILES string of the molecule is COc1ccc([Si](C)(C)C(CC(=O)N2CCC[C@H]2CO)[C@H]2Oc3ccc(N4C(=O)c5cccc6cccc4c56)cc3[C@@H](OC)[C@@H]2C)cc1. The molecule has 1 saturated heterocycles. The molecule has 1 unspecified atom stereocenters. The van der Waals surface area contributed by atoms with Gasteiger partial charge in [-0.2, -0.15) is 0 Å². The highest BCUT2D eigenvalue weighted by Gasteiger charge is 2.49. The van der Waals surface area contributed by atoms with Crippen LogP contribution in [0, 0.1) is 5.92 Å². The van der Waals surface area contributed by atoms with E-state index < -0.39 is 8.07 Å². The van der Waals surface area contributed by atoms with Gasteiger partial charge in [-0.25, -0.2) is 0 Å². The molecule has 9 heteroatoms. The first kappa shape index (κ1) is 32.4. The zero-order chi connectivity index (χ0) is 33.7. The fourth-order valence-corrected chi connectivity index (χ4v) is 11.7. The Balaban J connectivity index is 1.26. The molecule has 0 spiro atoms. The summed E-state index contributed by atoms with van der Waals surface area (Å²) in [6, 6.07) is 25.9. The summed E-state index contributed by atoms with van der Waals surface area (Å²) in [4.78, 5) is 31.5. The lowest BCUT2D eigenvalue weighted by atomic mass is 9.86. The molecule has 0 aliphatic carbocycles. The Morgan fingerprint density at radius 3 is 2.50 bits per heavy atom. The van der Waals surface area contributed by atoms with Gasteiger partial charge >= 0.3 is 0 Å². The van der Waals surface area contributed by atoms with Crippen molar-refractivity contribution >= 4 is 47.2 Å². The topological polar surface area (TPSA) is 88.5 Å². The Morgan fingerprint density at radius 2 is 1.79 bits per heavy atom. The summed E-state index contributed by atoms with van der Waals surface area (Å²) >= 11 is 0. The number of hydrogen-bond donors (Lipinski definition) is 1. The minimum atomic E-state index is -2.39. The number of carbonyl (C=O) groups is 2. The maximum absolute atomic E-state index is 14.0. The number of carbonyl (C=O) groups excluding carboxylic acids is 2. The lowest BCUT2D eigenvalue weighted by Gasteiger charge is -2.46. The summed E-state index contributed by atoms with van der Waals surface area (Å²) < 4.78 is 18.7. The van der Waals surface area contributed by atoms with E-state index in [1.54, 1.807) is 19.1 Å². The van der Waals surface area contributed by atoms with Gasteiger partial charge in [-0.3, -0.25) is 14.5 Å². The molecule has 2 amide bonds. The van der Waals surface area contributed by atoms with Crippen LogP contribution in [0.5, 0.6) is 11.5 Å². The summed E-state index contributed by atoms with van der Waals surface area (Å²) in [6.45, 7) is 7.42. The van der Waals surface area contributed by atoms with Crippen molar-refractivity contribution < 1.29 is 28.9 Å². The summed E-state index contributed by atoms with van der Waals surface area (Å²) in [5.74, 6) is 1.43. The van der Waals surface area contributed by atoms with Gasteiger partial charge in [0, 0.05) is 48.2 Å². The Hall–Kier alpha value is -4.18. The normalized spacial score (nSPS) is 22.5. The summed E-state index contributed by atoms with van der Waals surface area (Å²) in [5, 5.41) is 13.2. The summed E-state index contributed by atoms with van der Waals surface area (Å²) in [5.41, 5.74) is 3.14. The van der Waals surface area contributed by atoms with E-state index in [0.29, 0.717) is 24.3 Å². The summed E-state index contributed by atoms with van der Waals surface area (Å²) in [7, 11) is 0.999. The van der Waals surface area contributed by atoms with E-state index in [1.165, 1.54) is 5.19 Å². The molecular weight excluding hydrogens is 621 g/mol. The van der Waals surface area contributed by atoms with Crippen LogP contribution in [0.15, 0.2) is 78.9 Å². The van der Waals surface area contributed by atoms with Gasteiger partial charge in [0.15, 0.2) is 0 Å². The van der Waals surface area contributed by atoms with E-state index in [0.717, 1.165) is 46.3 Å². The highest BCUT2D eigenvalue weighted by Crippen LogP contribution is 2.50. The Bertz CT molecular complexity index is 1850. The maximum Gasteiger partial charge on any atom is 0.263 e. The first-order valence-corrected chi connectivity index (χ1v) is 20.0. The van der Waals surface area contributed by atoms with Gasteiger partial charge in [-0.05, 0) is 60.7 Å². The third-order valence-corrected chi connectivity index (χ3v) is 15.3. The van der Waals surface area contributed by atoms with Gasteiger partial charge in [0.2, 0.25) is 5.91 Å². The molecule has 0 bridgehead atoms.